The molecule has 0 radical (unpaired) electrons. The van der Waals surface area contributed by atoms with Crippen LogP contribution in [-0.2, 0) is 14.6 Å². The van der Waals surface area contributed by atoms with E-state index in [0.717, 1.165) is 6.26 Å². The third-order valence-corrected chi connectivity index (χ3v) is 5.52. The fourth-order valence-electron chi connectivity index (χ4n) is 3.69. The minimum Gasteiger partial charge on any atom is -0.393 e. The van der Waals surface area contributed by atoms with E-state index in [1.54, 1.807) is 12.1 Å². The molecule has 128 valence electrons. The van der Waals surface area contributed by atoms with Crippen LogP contribution in [0.3, 0.4) is 0 Å². The highest BCUT2D eigenvalue weighted by atomic mass is 32.2. The largest absolute Gasteiger partial charge is 0.393 e. The number of hydrogen-bond acceptors (Lipinski definition) is 4. The zero-order valence-electron chi connectivity index (χ0n) is 14.1. The maximum Gasteiger partial charge on any atom is 0.230 e. The number of carbonyl (C=O) groups excluding carboxylic acids is 1. The second-order valence-corrected chi connectivity index (χ2v) is 9.73. The highest BCUT2D eigenvalue weighted by Crippen LogP contribution is 2.46. The van der Waals surface area contributed by atoms with Gasteiger partial charge in [0.05, 0.1) is 11.0 Å². The molecule has 1 aromatic carbocycles. The van der Waals surface area contributed by atoms with Crippen molar-refractivity contribution in [1.29, 1.82) is 0 Å². The second-order valence-electron chi connectivity index (χ2n) is 7.72. The molecule has 2 rings (SSSR count). The van der Waals surface area contributed by atoms with Crippen LogP contribution in [0.2, 0.25) is 0 Å². The van der Waals surface area contributed by atoms with Crippen LogP contribution in [0.4, 0.5) is 5.69 Å². The van der Waals surface area contributed by atoms with E-state index in [0.29, 0.717) is 24.9 Å². The monoisotopic (exact) mass is 339 g/mol. The average molecular weight is 339 g/mol. The van der Waals surface area contributed by atoms with Crippen molar-refractivity contribution in [3.8, 4) is 0 Å². The van der Waals surface area contributed by atoms with E-state index >= 15 is 0 Å². The van der Waals surface area contributed by atoms with Crippen molar-refractivity contribution in [2.45, 2.75) is 51.0 Å². The topological polar surface area (TPSA) is 83.5 Å². The molecule has 0 saturated heterocycles. The molecule has 0 aliphatic heterocycles. The molecule has 1 aromatic rings. The van der Waals surface area contributed by atoms with Crippen LogP contribution in [0.25, 0.3) is 0 Å². The van der Waals surface area contributed by atoms with Gasteiger partial charge in [0.25, 0.3) is 0 Å². The molecule has 2 N–H and O–H groups in total. The van der Waals surface area contributed by atoms with Gasteiger partial charge in [-0.15, -0.1) is 0 Å². The van der Waals surface area contributed by atoms with E-state index in [1.165, 1.54) is 12.1 Å². The highest BCUT2D eigenvalue weighted by molar-refractivity contribution is 7.90. The Labute approximate surface area is 138 Å². The first kappa shape index (κ1) is 17.9. The smallest absolute Gasteiger partial charge is 0.230 e. The molecular formula is C17H25NO4S. The summed E-state index contributed by atoms with van der Waals surface area (Å²) in [5.74, 6) is -0.185. The van der Waals surface area contributed by atoms with E-state index in [1.807, 2.05) is 20.8 Å². The van der Waals surface area contributed by atoms with Crippen molar-refractivity contribution >= 4 is 21.4 Å². The van der Waals surface area contributed by atoms with Crippen LogP contribution in [0, 0.1) is 10.8 Å². The van der Waals surface area contributed by atoms with E-state index in [2.05, 4.69) is 5.32 Å². The fraction of sp³-hybridized carbons (Fsp3) is 0.588. The van der Waals surface area contributed by atoms with Gasteiger partial charge in [-0.25, -0.2) is 8.42 Å². The standard InChI is InChI=1S/C17H25NO4S/c1-16(2)9-13(19)10-17(3,11-16)15(20)18-12-6-5-7-14(8-12)23(4,21)22/h5-8,13,19H,9-11H2,1-4H3,(H,18,20). The van der Waals surface area contributed by atoms with Gasteiger partial charge in [0.15, 0.2) is 9.84 Å². The van der Waals surface area contributed by atoms with Crippen LogP contribution in [0.1, 0.15) is 40.0 Å². The summed E-state index contributed by atoms with van der Waals surface area (Å²) in [5, 5.41) is 12.9. The number of rotatable bonds is 3. The molecule has 1 aliphatic rings. The summed E-state index contributed by atoms with van der Waals surface area (Å²) in [6, 6.07) is 6.23. The lowest BCUT2D eigenvalue weighted by atomic mass is 9.63. The number of benzene rings is 1. The number of sulfone groups is 1. The number of anilines is 1. The first-order valence-corrected chi connectivity index (χ1v) is 9.60. The average Bonchev–Trinajstić information content (AvgIpc) is 2.35. The predicted molar refractivity (Wildman–Crippen MR) is 89.9 cm³/mol. The summed E-state index contributed by atoms with van der Waals surface area (Å²) in [5.41, 5.74) is -0.335. The van der Waals surface area contributed by atoms with Crippen molar-refractivity contribution in [3.05, 3.63) is 24.3 Å². The van der Waals surface area contributed by atoms with E-state index in [4.69, 9.17) is 0 Å². The Morgan fingerprint density at radius 3 is 2.48 bits per heavy atom. The van der Waals surface area contributed by atoms with Crippen molar-refractivity contribution in [3.63, 3.8) is 0 Å². The second kappa shape index (κ2) is 5.91. The van der Waals surface area contributed by atoms with Gasteiger partial charge < -0.3 is 10.4 Å². The molecule has 0 aromatic heterocycles. The van der Waals surface area contributed by atoms with Gasteiger partial charge in [0, 0.05) is 17.4 Å². The number of amides is 1. The molecule has 6 heteroatoms. The first-order chi connectivity index (χ1) is 10.4. The minimum absolute atomic E-state index is 0.113. The number of nitrogens with one attached hydrogen (secondary N) is 1. The van der Waals surface area contributed by atoms with Crippen molar-refractivity contribution in [2.24, 2.45) is 10.8 Å². The summed E-state index contributed by atoms with van der Waals surface area (Å²) in [6.07, 6.45) is 2.40. The number of aliphatic hydroxyl groups excluding tert-OH is 1. The molecule has 2 atom stereocenters. The van der Waals surface area contributed by atoms with Gasteiger partial charge in [-0.05, 0) is 42.9 Å². The lowest BCUT2D eigenvalue weighted by molar-refractivity contribution is -0.132. The van der Waals surface area contributed by atoms with Crippen LogP contribution in [-0.4, -0.2) is 31.8 Å². The van der Waals surface area contributed by atoms with Crippen LogP contribution >= 0.6 is 0 Å². The summed E-state index contributed by atoms with van der Waals surface area (Å²) in [4.78, 5) is 12.9. The third-order valence-electron chi connectivity index (χ3n) is 4.41. The number of carbonyl (C=O) groups is 1. The molecule has 0 heterocycles. The molecule has 2 unspecified atom stereocenters. The lowest BCUT2D eigenvalue weighted by Crippen LogP contribution is -2.45. The SMILES string of the molecule is CC1(C)CC(O)CC(C)(C(=O)Nc2cccc(S(C)(=O)=O)c2)C1. The summed E-state index contributed by atoms with van der Waals surface area (Å²) >= 11 is 0. The van der Waals surface area contributed by atoms with Crippen molar-refractivity contribution in [2.75, 3.05) is 11.6 Å². The van der Waals surface area contributed by atoms with Gasteiger partial charge in [0.1, 0.15) is 0 Å². The Kier molecular flexibility index (Phi) is 4.61. The third kappa shape index (κ3) is 4.32. The van der Waals surface area contributed by atoms with Crippen LogP contribution in [0.15, 0.2) is 29.2 Å². The minimum atomic E-state index is -3.32. The molecule has 0 spiro atoms. The van der Waals surface area contributed by atoms with Gasteiger partial charge in [-0.1, -0.05) is 26.8 Å². The Hall–Kier alpha value is -1.40. The Balaban J connectivity index is 2.22. The van der Waals surface area contributed by atoms with Crippen molar-refractivity contribution < 1.29 is 18.3 Å². The maximum absolute atomic E-state index is 12.7. The molecule has 1 fully saturated rings. The van der Waals surface area contributed by atoms with Gasteiger partial charge in [-0.2, -0.15) is 0 Å². The normalized spacial score (nSPS) is 27.4. The van der Waals surface area contributed by atoms with Gasteiger partial charge in [0.2, 0.25) is 5.91 Å². The summed E-state index contributed by atoms with van der Waals surface area (Å²) in [6.45, 7) is 5.95. The number of aliphatic hydroxyl groups is 1. The van der Waals surface area contributed by atoms with Crippen molar-refractivity contribution in [1.82, 2.24) is 0 Å². The molecule has 0 bridgehead atoms. The van der Waals surface area contributed by atoms with E-state index in [-0.39, 0.29) is 16.2 Å². The Bertz CT molecular complexity index is 711. The fourth-order valence-corrected chi connectivity index (χ4v) is 4.36. The zero-order valence-corrected chi connectivity index (χ0v) is 14.9. The zero-order chi connectivity index (χ0) is 17.5. The molecule has 23 heavy (non-hydrogen) atoms. The molecule has 1 amide bonds. The molecule has 1 aliphatic carbocycles. The summed E-state index contributed by atoms with van der Waals surface area (Å²) in [7, 11) is -3.32. The molecule has 5 nitrogen and oxygen atoms in total. The van der Waals surface area contributed by atoms with E-state index < -0.39 is 21.4 Å². The van der Waals surface area contributed by atoms with Crippen LogP contribution < -0.4 is 5.32 Å². The van der Waals surface area contributed by atoms with Crippen LogP contribution in [0.5, 0.6) is 0 Å². The lowest BCUT2D eigenvalue weighted by Gasteiger charge is -2.44. The number of hydrogen-bond donors (Lipinski definition) is 2. The maximum atomic E-state index is 12.7. The van der Waals surface area contributed by atoms with Gasteiger partial charge >= 0.3 is 0 Å². The Morgan fingerprint density at radius 1 is 1.26 bits per heavy atom. The molecular weight excluding hydrogens is 314 g/mol. The summed E-state index contributed by atoms with van der Waals surface area (Å²) < 4.78 is 23.2. The first-order valence-electron chi connectivity index (χ1n) is 7.71. The predicted octanol–water partition coefficient (Wildman–Crippen LogP) is 2.61. The van der Waals surface area contributed by atoms with E-state index in [9.17, 15) is 18.3 Å². The van der Waals surface area contributed by atoms with Gasteiger partial charge in [-0.3, -0.25) is 4.79 Å². The molecule has 1 saturated carbocycles. The highest BCUT2D eigenvalue weighted by Gasteiger charge is 2.45. The Morgan fingerprint density at radius 2 is 1.91 bits per heavy atom. The quantitative estimate of drug-likeness (QED) is 0.886.